The molecule has 0 radical (unpaired) electrons. The van der Waals surface area contributed by atoms with Gasteiger partial charge in [-0.05, 0) is 70.8 Å². The van der Waals surface area contributed by atoms with Crippen LogP contribution in [-0.4, -0.2) is 146 Å². The number of benzene rings is 1. The van der Waals surface area contributed by atoms with Crippen molar-refractivity contribution in [3.05, 3.63) is 35.9 Å². The van der Waals surface area contributed by atoms with E-state index in [1.807, 2.05) is 85.7 Å². The lowest BCUT2D eigenvalue weighted by Gasteiger charge is -2.53. The van der Waals surface area contributed by atoms with Crippen molar-refractivity contribution in [1.29, 1.82) is 0 Å². The summed E-state index contributed by atoms with van der Waals surface area (Å²) in [6.07, 6.45) is -12.1. The van der Waals surface area contributed by atoms with Crippen molar-refractivity contribution in [3.63, 3.8) is 0 Å². The van der Waals surface area contributed by atoms with E-state index in [-0.39, 0.29) is 72.3 Å². The molecule has 6 aliphatic heterocycles. The van der Waals surface area contributed by atoms with Gasteiger partial charge in [0.05, 0.1) is 68.6 Å². The molecule has 6 saturated heterocycles. The lowest BCUT2D eigenvalue weighted by Crippen LogP contribution is -2.69. The van der Waals surface area contributed by atoms with E-state index < -0.39 is 98.0 Å². The van der Waals surface area contributed by atoms with E-state index in [1.165, 1.54) is 6.92 Å². The molecule has 1 amide bonds. The minimum atomic E-state index is -1.29. The van der Waals surface area contributed by atoms with Crippen molar-refractivity contribution < 1.29 is 71.8 Å². The number of hydrogen-bond acceptors (Lipinski definition) is 15. The predicted octanol–water partition coefficient (Wildman–Crippen LogP) is 5.32. The maximum atomic E-state index is 12.5. The topological polar surface area (TPSA) is 180 Å². The Kier molecular flexibility index (Phi) is 17.0. The zero-order valence-corrected chi connectivity index (χ0v) is 41.6. The number of fused-ring (bicyclic) bond motifs is 1. The largest absolute Gasteiger partial charge is 0.385 e. The standard InChI is InChI=1S/C50H81NO15/c1-23-25(3)36(21-55-20-35-18-16-15-17-19-35)61-46(27(23)5)62-41-28(6)31(9)58-47(39(41)53)64-43-26(4)24(2)30(8)60-49(43)63-42-29(7)32(10)59-48(40(42)54)65-45-38(51-34(12)52)33(11)57-37-22-56-50(13,14)66-44(37)45/h15-19,23-33,36-49,53-54H,20-22H2,1-14H3,(H,51,52)/t23?,24-,25+,26+,27?,28+,29+,30?,31?,32?,33+,36+,37?,38?,39?,40?,41+,42+,43?,44-,45-,46-,47+,48+,49+/m1/s1. The zero-order valence-electron chi connectivity index (χ0n) is 41.6. The Morgan fingerprint density at radius 2 is 1.17 bits per heavy atom. The number of carbonyl (C=O) groups excluding carboxylic acids is 1. The number of amides is 1. The van der Waals surface area contributed by atoms with E-state index in [9.17, 15) is 15.0 Å². The van der Waals surface area contributed by atoms with Crippen LogP contribution in [0.4, 0.5) is 0 Å². The second kappa shape index (κ2) is 21.6. The summed E-state index contributed by atoms with van der Waals surface area (Å²) >= 11 is 0. The molecule has 0 aliphatic carbocycles. The van der Waals surface area contributed by atoms with Crippen LogP contribution in [0.3, 0.4) is 0 Å². The molecule has 3 N–H and O–H groups in total. The Balaban J connectivity index is 1.06. The van der Waals surface area contributed by atoms with Gasteiger partial charge in [-0.15, -0.1) is 0 Å². The van der Waals surface area contributed by atoms with Gasteiger partial charge in [0.1, 0.15) is 36.6 Å². The zero-order chi connectivity index (χ0) is 47.9. The molecule has 376 valence electrons. The van der Waals surface area contributed by atoms with E-state index in [0.717, 1.165) is 5.56 Å². The lowest BCUT2D eigenvalue weighted by molar-refractivity contribution is -0.389. The maximum Gasteiger partial charge on any atom is 0.217 e. The molecule has 16 nitrogen and oxygen atoms in total. The monoisotopic (exact) mass is 936 g/mol. The van der Waals surface area contributed by atoms with Crippen LogP contribution in [0.15, 0.2) is 30.3 Å². The molecule has 6 heterocycles. The summed E-state index contributed by atoms with van der Waals surface area (Å²) in [6, 6.07) is 9.47. The van der Waals surface area contributed by atoms with Crippen molar-refractivity contribution in [2.45, 2.75) is 220 Å². The van der Waals surface area contributed by atoms with Gasteiger partial charge >= 0.3 is 0 Å². The molecule has 66 heavy (non-hydrogen) atoms. The fraction of sp³-hybridized carbons (Fsp3) is 0.860. The predicted molar refractivity (Wildman–Crippen MR) is 240 cm³/mol. The van der Waals surface area contributed by atoms with Crippen molar-refractivity contribution in [1.82, 2.24) is 5.32 Å². The molecule has 0 bridgehead atoms. The highest BCUT2D eigenvalue weighted by molar-refractivity contribution is 5.73. The lowest BCUT2D eigenvalue weighted by atomic mass is 9.79. The van der Waals surface area contributed by atoms with Crippen LogP contribution in [0.1, 0.15) is 102 Å². The highest BCUT2D eigenvalue weighted by atomic mass is 16.8. The van der Waals surface area contributed by atoms with Crippen LogP contribution < -0.4 is 5.32 Å². The molecule has 0 saturated carbocycles. The third kappa shape index (κ3) is 11.3. The van der Waals surface area contributed by atoms with Crippen LogP contribution in [0.5, 0.6) is 0 Å². The molecular weight excluding hydrogens is 855 g/mol. The fourth-order valence-electron chi connectivity index (χ4n) is 10.6. The van der Waals surface area contributed by atoms with Crippen molar-refractivity contribution in [3.8, 4) is 0 Å². The molecule has 16 heteroatoms. The minimum Gasteiger partial charge on any atom is -0.385 e. The Labute approximate surface area is 392 Å². The van der Waals surface area contributed by atoms with Gasteiger partial charge in [-0.1, -0.05) is 78.8 Å². The summed E-state index contributed by atoms with van der Waals surface area (Å²) in [7, 11) is 0. The van der Waals surface area contributed by atoms with Crippen LogP contribution in [0.25, 0.3) is 0 Å². The highest BCUT2D eigenvalue weighted by Crippen LogP contribution is 2.43. The Morgan fingerprint density at radius 1 is 0.621 bits per heavy atom. The smallest absolute Gasteiger partial charge is 0.217 e. The number of hydrogen-bond donors (Lipinski definition) is 3. The number of ether oxygens (including phenoxy) is 12. The normalized spacial score (nSPS) is 48.6. The first-order chi connectivity index (χ1) is 31.1. The van der Waals surface area contributed by atoms with Crippen molar-refractivity contribution in [2.24, 2.45) is 41.4 Å². The number of rotatable bonds is 13. The van der Waals surface area contributed by atoms with Gasteiger partial charge in [-0.2, -0.15) is 0 Å². The summed E-state index contributed by atoms with van der Waals surface area (Å²) in [6.45, 7) is 28.7. The molecule has 1 aromatic carbocycles. The summed E-state index contributed by atoms with van der Waals surface area (Å²) in [5.74, 6) is -1.25. The van der Waals surface area contributed by atoms with E-state index in [2.05, 4.69) is 39.9 Å². The Bertz CT molecular complexity index is 1710. The molecular formula is C50H81NO15. The minimum absolute atomic E-state index is 0.0425. The Hall–Kier alpha value is -1.87. The van der Waals surface area contributed by atoms with Crippen LogP contribution in [0.2, 0.25) is 0 Å². The molecule has 10 unspecified atom stereocenters. The summed E-state index contributed by atoms with van der Waals surface area (Å²) in [4.78, 5) is 12.5. The number of aliphatic hydroxyl groups excluding tert-OH is 2. The number of nitrogens with one attached hydrogen (secondary N) is 1. The number of carbonyl (C=O) groups is 1. The molecule has 1 aromatic rings. The van der Waals surface area contributed by atoms with Gasteiger partial charge in [0.2, 0.25) is 5.91 Å². The molecule has 0 aromatic heterocycles. The van der Waals surface area contributed by atoms with Crippen molar-refractivity contribution >= 4 is 5.91 Å². The van der Waals surface area contributed by atoms with Crippen LogP contribution in [-0.2, 0) is 68.2 Å². The van der Waals surface area contributed by atoms with Crippen molar-refractivity contribution in [2.75, 3.05) is 13.2 Å². The van der Waals surface area contributed by atoms with Gasteiger partial charge < -0.3 is 72.4 Å². The van der Waals surface area contributed by atoms with E-state index in [4.69, 9.17) is 56.8 Å². The molecule has 25 atom stereocenters. The third-order valence-corrected chi connectivity index (χ3v) is 16.0. The number of aliphatic hydroxyl groups is 2. The first-order valence-electron chi connectivity index (χ1n) is 24.6. The van der Waals surface area contributed by atoms with Gasteiger partial charge in [0.15, 0.2) is 30.9 Å². The molecule has 7 rings (SSSR count). The second-order valence-electron chi connectivity index (χ2n) is 21.0. The molecule has 6 aliphatic rings. The van der Waals surface area contributed by atoms with Gasteiger partial charge in [-0.3, -0.25) is 4.79 Å². The van der Waals surface area contributed by atoms with E-state index >= 15 is 0 Å². The molecule has 0 spiro atoms. The summed E-state index contributed by atoms with van der Waals surface area (Å²) in [5, 5.41) is 27.4. The highest BCUT2D eigenvalue weighted by Gasteiger charge is 2.56. The first kappa shape index (κ1) is 52.0. The summed E-state index contributed by atoms with van der Waals surface area (Å²) in [5.41, 5.74) is 1.10. The average Bonchev–Trinajstić information content (AvgIpc) is 3.27. The quantitative estimate of drug-likeness (QED) is 0.231. The van der Waals surface area contributed by atoms with E-state index in [1.54, 1.807) is 0 Å². The van der Waals surface area contributed by atoms with Crippen LogP contribution >= 0.6 is 0 Å². The van der Waals surface area contributed by atoms with Crippen LogP contribution in [0, 0.1) is 41.4 Å². The second-order valence-corrected chi connectivity index (χ2v) is 21.0. The van der Waals surface area contributed by atoms with E-state index in [0.29, 0.717) is 13.2 Å². The fourth-order valence-corrected chi connectivity index (χ4v) is 10.6. The van der Waals surface area contributed by atoms with Gasteiger partial charge in [-0.25, -0.2) is 0 Å². The van der Waals surface area contributed by atoms with Gasteiger partial charge in [0.25, 0.3) is 0 Å². The Morgan fingerprint density at radius 3 is 1.77 bits per heavy atom. The summed E-state index contributed by atoms with van der Waals surface area (Å²) < 4.78 is 78.1. The first-order valence-corrected chi connectivity index (χ1v) is 24.6. The molecule has 6 fully saturated rings. The third-order valence-electron chi connectivity index (χ3n) is 16.0. The SMILES string of the molecule is CC(=O)NC1[C@H](C)OC2COC(C)(C)O[C@H]2[C@@H]1O[C@@H]1OC(C)[C@H](C)[C@H](O[C@@H]2OC(C)[C@H](C)[C@H](C)C2O[C@@H]2OC(C)[C@H](C)[C@H](O[C@H]3O[C@@H](COCc4ccccc4)[C@@H](C)C(C)C3C)C2O)C1O. The van der Waals surface area contributed by atoms with Gasteiger partial charge in [0, 0.05) is 24.7 Å². The maximum absolute atomic E-state index is 12.5. The average molecular weight is 936 g/mol.